The number of carbonyl (C=O) groups is 1. The number of benzene rings is 1. The summed E-state index contributed by atoms with van der Waals surface area (Å²) in [5, 5.41) is 16.0. The van der Waals surface area contributed by atoms with Crippen molar-refractivity contribution in [3.05, 3.63) is 56.0 Å². The minimum Gasteiger partial charge on any atom is -0.298 e. The second-order valence-corrected chi connectivity index (χ2v) is 7.34. The van der Waals surface area contributed by atoms with Crippen LogP contribution in [0.25, 0.3) is 6.08 Å². The van der Waals surface area contributed by atoms with Gasteiger partial charge in [0.25, 0.3) is 5.69 Å². The van der Waals surface area contributed by atoms with Crippen molar-refractivity contribution < 1.29 is 9.72 Å². The predicted molar refractivity (Wildman–Crippen MR) is 96.6 cm³/mol. The molecular formula is C16H16ClN3O3S. The van der Waals surface area contributed by atoms with Gasteiger partial charge in [0, 0.05) is 22.9 Å². The van der Waals surface area contributed by atoms with E-state index in [1.165, 1.54) is 35.6 Å². The van der Waals surface area contributed by atoms with Crippen molar-refractivity contribution in [2.24, 2.45) is 0 Å². The zero-order valence-electron chi connectivity index (χ0n) is 13.4. The van der Waals surface area contributed by atoms with Crippen molar-refractivity contribution in [2.75, 3.05) is 5.32 Å². The van der Waals surface area contributed by atoms with Crippen LogP contribution >= 0.6 is 22.9 Å². The summed E-state index contributed by atoms with van der Waals surface area (Å²) >= 11 is 7.10. The summed E-state index contributed by atoms with van der Waals surface area (Å²) in [5.74, 6) is -0.359. The van der Waals surface area contributed by atoms with Gasteiger partial charge in [0.2, 0.25) is 5.91 Å². The highest BCUT2D eigenvalue weighted by atomic mass is 35.5. The molecule has 0 unspecified atom stereocenters. The smallest absolute Gasteiger partial charge is 0.288 e. The lowest BCUT2D eigenvalue weighted by molar-refractivity contribution is -0.384. The Morgan fingerprint density at radius 3 is 2.71 bits per heavy atom. The summed E-state index contributed by atoms with van der Waals surface area (Å²) in [5.41, 5.74) is 1.13. The second-order valence-electron chi connectivity index (χ2n) is 6.08. The molecule has 2 aromatic rings. The van der Waals surface area contributed by atoms with E-state index in [-0.39, 0.29) is 22.0 Å². The number of carbonyl (C=O) groups excluding carboxylic acids is 1. The van der Waals surface area contributed by atoms with E-state index < -0.39 is 4.92 Å². The molecule has 0 saturated carbocycles. The van der Waals surface area contributed by atoms with Crippen LogP contribution in [-0.2, 0) is 10.2 Å². The Balaban J connectivity index is 2.07. The molecule has 1 aromatic carbocycles. The summed E-state index contributed by atoms with van der Waals surface area (Å²) < 4.78 is 0. The van der Waals surface area contributed by atoms with E-state index in [2.05, 4.69) is 10.3 Å². The van der Waals surface area contributed by atoms with Gasteiger partial charge in [-0.3, -0.25) is 20.2 Å². The number of halogens is 1. The van der Waals surface area contributed by atoms with Crippen molar-refractivity contribution in [3.63, 3.8) is 0 Å². The first-order valence-corrected chi connectivity index (χ1v) is 8.31. The number of aromatic nitrogens is 1. The Labute approximate surface area is 148 Å². The van der Waals surface area contributed by atoms with E-state index in [9.17, 15) is 14.9 Å². The van der Waals surface area contributed by atoms with E-state index >= 15 is 0 Å². The normalized spacial score (nSPS) is 11.7. The molecule has 0 saturated heterocycles. The molecule has 6 nitrogen and oxygen atoms in total. The second kappa shape index (κ2) is 7.11. The Bertz CT molecular complexity index is 809. The number of nitro groups is 1. The van der Waals surface area contributed by atoms with Crippen LogP contribution < -0.4 is 5.32 Å². The summed E-state index contributed by atoms with van der Waals surface area (Å²) in [6, 6.07) is 4.33. The molecule has 1 amide bonds. The zero-order valence-corrected chi connectivity index (χ0v) is 14.9. The fourth-order valence-electron chi connectivity index (χ4n) is 1.77. The lowest BCUT2D eigenvalue weighted by Crippen LogP contribution is -2.12. The van der Waals surface area contributed by atoms with Gasteiger partial charge in [0.15, 0.2) is 5.13 Å². The van der Waals surface area contributed by atoms with Crippen molar-refractivity contribution in [3.8, 4) is 0 Å². The summed E-state index contributed by atoms with van der Waals surface area (Å²) in [7, 11) is 0. The van der Waals surface area contributed by atoms with E-state index in [1.807, 2.05) is 26.2 Å². The number of rotatable bonds is 4. The van der Waals surface area contributed by atoms with Crippen molar-refractivity contribution in [2.45, 2.75) is 26.2 Å². The topological polar surface area (TPSA) is 85.1 Å². The Kier molecular flexibility index (Phi) is 5.36. The molecular weight excluding hydrogens is 350 g/mol. The average Bonchev–Trinajstić information content (AvgIpc) is 2.94. The molecule has 1 aromatic heterocycles. The van der Waals surface area contributed by atoms with Gasteiger partial charge in [0.05, 0.1) is 10.6 Å². The van der Waals surface area contributed by atoms with Crippen LogP contribution in [0, 0.1) is 10.1 Å². The van der Waals surface area contributed by atoms with E-state index in [0.717, 1.165) is 5.69 Å². The van der Waals surface area contributed by atoms with E-state index in [1.54, 1.807) is 6.07 Å². The number of amides is 1. The van der Waals surface area contributed by atoms with Gasteiger partial charge < -0.3 is 0 Å². The quantitative estimate of drug-likeness (QED) is 0.485. The van der Waals surface area contributed by atoms with E-state index in [4.69, 9.17) is 11.6 Å². The number of hydrogen-bond donors (Lipinski definition) is 1. The van der Waals surface area contributed by atoms with Crippen LogP contribution in [0.15, 0.2) is 29.7 Å². The standard InChI is InChI=1S/C16H16ClN3O3S/c1-16(2,3)13-9-24-15(18-13)19-14(21)7-5-10-4-6-11(17)12(8-10)20(22)23/h4-9H,1-3H3,(H,18,19,21)/b7-5+. The maximum Gasteiger partial charge on any atom is 0.288 e. The minimum absolute atomic E-state index is 0.0547. The Hall–Kier alpha value is -2.25. The van der Waals surface area contributed by atoms with Crippen LogP contribution in [0.5, 0.6) is 0 Å². The van der Waals surface area contributed by atoms with Gasteiger partial charge >= 0.3 is 0 Å². The third kappa shape index (κ3) is 4.62. The number of hydrogen-bond acceptors (Lipinski definition) is 5. The lowest BCUT2D eigenvalue weighted by Gasteiger charge is -2.14. The van der Waals surface area contributed by atoms with Crippen LogP contribution in [-0.4, -0.2) is 15.8 Å². The molecule has 1 heterocycles. The van der Waals surface area contributed by atoms with Crippen LogP contribution in [0.1, 0.15) is 32.0 Å². The molecule has 1 N–H and O–H groups in total. The van der Waals surface area contributed by atoms with E-state index in [0.29, 0.717) is 10.7 Å². The highest BCUT2D eigenvalue weighted by molar-refractivity contribution is 7.14. The SMILES string of the molecule is CC(C)(C)c1csc(NC(=O)/C=C/c2ccc(Cl)c([N+](=O)[O-])c2)n1. The van der Waals surface area contributed by atoms with Gasteiger partial charge in [-0.25, -0.2) is 4.98 Å². The monoisotopic (exact) mass is 365 g/mol. The Morgan fingerprint density at radius 2 is 2.12 bits per heavy atom. The first kappa shape index (κ1) is 18.1. The molecule has 8 heteroatoms. The van der Waals surface area contributed by atoms with Crippen molar-refractivity contribution in [1.29, 1.82) is 0 Å². The van der Waals surface area contributed by atoms with Crippen molar-refractivity contribution in [1.82, 2.24) is 4.98 Å². The average molecular weight is 366 g/mol. The molecule has 0 spiro atoms. The maximum atomic E-state index is 11.9. The van der Waals surface area contributed by atoms with Crippen LogP contribution in [0.4, 0.5) is 10.8 Å². The first-order valence-electron chi connectivity index (χ1n) is 7.06. The molecule has 126 valence electrons. The van der Waals surface area contributed by atoms with Gasteiger partial charge in [-0.15, -0.1) is 11.3 Å². The molecule has 0 bridgehead atoms. The number of thiazole rings is 1. The number of anilines is 1. The highest BCUT2D eigenvalue weighted by Gasteiger charge is 2.17. The zero-order chi connectivity index (χ0) is 17.9. The fraction of sp³-hybridized carbons (Fsp3) is 0.250. The number of nitrogens with one attached hydrogen (secondary N) is 1. The number of nitrogens with zero attached hydrogens (tertiary/aromatic N) is 2. The molecule has 0 atom stereocenters. The molecule has 0 aliphatic rings. The first-order chi connectivity index (χ1) is 11.2. The van der Waals surface area contributed by atoms with Crippen molar-refractivity contribution >= 4 is 45.7 Å². The van der Waals surface area contributed by atoms with Gasteiger partial charge in [-0.05, 0) is 17.7 Å². The largest absolute Gasteiger partial charge is 0.298 e. The number of nitro benzene ring substituents is 1. The molecule has 0 fully saturated rings. The third-order valence-corrected chi connectivity index (χ3v) is 4.17. The molecule has 0 aliphatic heterocycles. The summed E-state index contributed by atoms with van der Waals surface area (Å²) in [6.07, 6.45) is 2.78. The lowest BCUT2D eigenvalue weighted by atomic mass is 9.93. The highest BCUT2D eigenvalue weighted by Crippen LogP contribution is 2.27. The minimum atomic E-state index is -0.566. The van der Waals surface area contributed by atoms with Gasteiger partial charge in [-0.2, -0.15) is 0 Å². The van der Waals surface area contributed by atoms with Gasteiger partial charge in [-0.1, -0.05) is 38.4 Å². The summed E-state index contributed by atoms with van der Waals surface area (Å²) in [4.78, 5) is 26.6. The van der Waals surface area contributed by atoms with Crippen LogP contribution in [0.2, 0.25) is 5.02 Å². The maximum absolute atomic E-state index is 11.9. The van der Waals surface area contributed by atoms with Gasteiger partial charge in [0.1, 0.15) is 5.02 Å². The molecule has 2 rings (SSSR count). The molecule has 0 radical (unpaired) electrons. The van der Waals surface area contributed by atoms with Crippen LogP contribution in [0.3, 0.4) is 0 Å². The fourth-order valence-corrected chi connectivity index (χ4v) is 2.89. The summed E-state index contributed by atoms with van der Waals surface area (Å²) in [6.45, 7) is 6.13. The third-order valence-electron chi connectivity index (χ3n) is 3.10. The predicted octanol–water partition coefficient (Wildman–Crippen LogP) is 4.65. The molecule has 24 heavy (non-hydrogen) atoms. The molecule has 0 aliphatic carbocycles. The Morgan fingerprint density at radius 1 is 1.42 bits per heavy atom.